The molecule has 0 aliphatic carbocycles. The van der Waals surface area contributed by atoms with Crippen LogP contribution in [0.15, 0.2) is 0 Å². The van der Waals surface area contributed by atoms with Gasteiger partial charge < -0.3 is 20.7 Å². The number of ether oxygens (including phenoxy) is 1. The predicted molar refractivity (Wildman–Crippen MR) is 81.3 cm³/mol. The Morgan fingerprint density at radius 1 is 1.55 bits per heavy atom. The van der Waals surface area contributed by atoms with Gasteiger partial charge in [0.25, 0.3) is 5.91 Å². The number of nitrogens with one attached hydrogen (secondary N) is 1. The molecule has 1 aromatic heterocycles. The first-order chi connectivity index (χ1) is 9.65. The Hall–Kier alpha value is -1.34. The van der Waals surface area contributed by atoms with Crippen LogP contribution in [0.25, 0.3) is 0 Å². The lowest BCUT2D eigenvalue weighted by Gasteiger charge is -2.16. The number of anilines is 2. The van der Waals surface area contributed by atoms with Gasteiger partial charge in [0.15, 0.2) is 5.13 Å². The zero-order valence-electron chi connectivity index (χ0n) is 12.0. The van der Waals surface area contributed by atoms with Gasteiger partial charge in [0, 0.05) is 32.2 Å². The van der Waals surface area contributed by atoms with Gasteiger partial charge in [-0.2, -0.15) is 0 Å². The number of nitrogen functional groups attached to an aromatic ring is 1. The zero-order chi connectivity index (χ0) is 14.5. The molecular weight excluding hydrogens is 276 g/mol. The van der Waals surface area contributed by atoms with E-state index in [1.165, 1.54) is 11.3 Å². The van der Waals surface area contributed by atoms with E-state index in [0.717, 1.165) is 37.9 Å². The van der Waals surface area contributed by atoms with Crippen LogP contribution in [0.2, 0.25) is 0 Å². The maximum atomic E-state index is 12.2. The number of rotatable bonds is 6. The van der Waals surface area contributed by atoms with Crippen LogP contribution in [0.1, 0.15) is 29.9 Å². The molecule has 0 aromatic carbocycles. The first kappa shape index (κ1) is 15.1. The molecule has 0 saturated carbocycles. The summed E-state index contributed by atoms with van der Waals surface area (Å²) in [5, 5.41) is 3.73. The minimum absolute atomic E-state index is 0.134. The molecule has 20 heavy (non-hydrogen) atoms. The summed E-state index contributed by atoms with van der Waals surface area (Å²) in [4.78, 5) is 19.0. The van der Waals surface area contributed by atoms with Crippen molar-refractivity contribution >= 4 is 28.2 Å². The Bertz CT molecular complexity index is 453. The fraction of sp³-hybridized carbons (Fsp3) is 0.692. The van der Waals surface area contributed by atoms with Crippen LogP contribution < -0.4 is 16.0 Å². The van der Waals surface area contributed by atoms with Crippen molar-refractivity contribution in [2.45, 2.75) is 20.3 Å². The third-order valence-electron chi connectivity index (χ3n) is 3.46. The quantitative estimate of drug-likeness (QED) is 0.828. The number of nitrogens with two attached hydrogens (primary N) is 1. The third kappa shape index (κ3) is 3.40. The van der Waals surface area contributed by atoms with Gasteiger partial charge in [-0.25, -0.2) is 4.98 Å². The highest BCUT2D eigenvalue weighted by molar-refractivity contribution is 7.18. The number of carbonyl (C=O) groups is 1. The van der Waals surface area contributed by atoms with Crippen molar-refractivity contribution in [3.63, 3.8) is 0 Å². The van der Waals surface area contributed by atoms with E-state index in [9.17, 15) is 4.79 Å². The maximum absolute atomic E-state index is 12.2. The fourth-order valence-electron chi connectivity index (χ4n) is 2.17. The molecule has 2 heterocycles. The smallest absolute Gasteiger partial charge is 0.265 e. The monoisotopic (exact) mass is 298 g/mol. The van der Waals surface area contributed by atoms with Crippen molar-refractivity contribution in [2.75, 3.05) is 43.5 Å². The Balaban J connectivity index is 1.98. The van der Waals surface area contributed by atoms with E-state index < -0.39 is 0 Å². The van der Waals surface area contributed by atoms with E-state index in [-0.39, 0.29) is 5.91 Å². The molecule has 1 atom stereocenters. The van der Waals surface area contributed by atoms with Gasteiger partial charge in [0.1, 0.15) is 10.7 Å². The van der Waals surface area contributed by atoms with Crippen LogP contribution in [0.4, 0.5) is 10.9 Å². The number of aromatic nitrogens is 1. The van der Waals surface area contributed by atoms with Crippen molar-refractivity contribution in [2.24, 2.45) is 5.92 Å². The van der Waals surface area contributed by atoms with Crippen LogP contribution in [0.5, 0.6) is 0 Å². The summed E-state index contributed by atoms with van der Waals surface area (Å²) >= 11 is 1.35. The molecule has 1 aliphatic rings. The summed E-state index contributed by atoms with van der Waals surface area (Å²) in [5.74, 6) is 0.595. The van der Waals surface area contributed by atoms with Crippen LogP contribution in [0, 0.1) is 5.92 Å². The molecule has 1 fully saturated rings. The molecule has 1 aliphatic heterocycles. The lowest BCUT2D eigenvalue weighted by atomic mass is 10.1. The van der Waals surface area contributed by atoms with Crippen LogP contribution in [0.3, 0.4) is 0 Å². The largest absolute Gasteiger partial charge is 0.382 e. The number of thiazole rings is 1. The molecule has 1 aromatic rings. The molecule has 0 radical (unpaired) electrons. The molecule has 7 heteroatoms. The zero-order valence-corrected chi connectivity index (χ0v) is 12.8. The van der Waals surface area contributed by atoms with Crippen molar-refractivity contribution in [3.8, 4) is 0 Å². The SMILES string of the molecule is CCN(CC)c1nc(N)c(C(=O)NCC2CCOC2)s1. The van der Waals surface area contributed by atoms with E-state index in [0.29, 0.717) is 23.2 Å². The summed E-state index contributed by atoms with van der Waals surface area (Å²) < 4.78 is 5.29. The maximum Gasteiger partial charge on any atom is 0.265 e. The Kier molecular flexibility index (Phi) is 5.19. The van der Waals surface area contributed by atoms with Gasteiger partial charge in [-0.15, -0.1) is 0 Å². The fourth-order valence-corrected chi connectivity index (χ4v) is 3.20. The molecule has 6 nitrogen and oxygen atoms in total. The first-order valence-electron chi connectivity index (χ1n) is 7.02. The Morgan fingerprint density at radius 3 is 2.90 bits per heavy atom. The number of amides is 1. The number of hydrogen-bond acceptors (Lipinski definition) is 6. The molecule has 1 unspecified atom stereocenters. The summed E-state index contributed by atoms with van der Waals surface area (Å²) in [6, 6.07) is 0. The second-order valence-electron chi connectivity index (χ2n) is 4.82. The number of hydrogen-bond donors (Lipinski definition) is 2. The highest BCUT2D eigenvalue weighted by Crippen LogP contribution is 2.28. The normalized spacial score (nSPS) is 18.2. The van der Waals surface area contributed by atoms with Gasteiger partial charge in [-0.1, -0.05) is 11.3 Å². The molecule has 1 saturated heterocycles. The lowest BCUT2D eigenvalue weighted by molar-refractivity contribution is 0.0949. The van der Waals surface area contributed by atoms with Crippen molar-refractivity contribution in [1.29, 1.82) is 0 Å². The summed E-state index contributed by atoms with van der Waals surface area (Å²) in [6.07, 6.45) is 1.00. The van der Waals surface area contributed by atoms with Gasteiger partial charge in [-0.05, 0) is 20.3 Å². The third-order valence-corrected chi connectivity index (χ3v) is 4.59. The van der Waals surface area contributed by atoms with Gasteiger partial charge >= 0.3 is 0 Å². The van der Waals surface area contributed by atoms with Crippen LogP contribution in [-0.2, 0) is 4.74 Å². The van der Waals surface area contributed by atoms with E-state index in [2.05, 4.69) is 29.0 Å². The van der Waals surface area contributed by atoms with Gasteiger partial charge in [0.05, 0.1) is 6.61 Å². The summed E-state index contributed by atoms with van der Waals surface area (Å²) in [7, 11) is 0. The minimum atomic E-state index is -0.134. The molecule has 0 spiro atoms. The number of nitrogens with zero attached hydrogens (tertiary/aromatic N) is 2. The average Bonchev–Trinajstić information content (AvgIpc) is 3.07. The molecule has 1 amide bonds. The summed E-state index contributed by atoms with van der Waals surface area (Å²) in [5.41, 5.74) is 5.86. The average molecular weight is 298 g/mol. The highest BCUT2D eigenvalue weighted by Gasteiger charge is 2.21. The Morgan fingerprint density at radius 2 is 2.30 bits per heavy atom. The van der Waals surface area contributed by atoms with Crippen molar-refractivity contribution in [3.05, 3.63) is 4.88 Å². The molecule has 112 valence electrons. The van der Waals surface area contributed by atoms with Gasteiger partial charge in [-0.3, -0.25) is 4.79 Å². The van der Waals surface area contributed by atoms with E-state index in [1.807, 2.05) is 0 Å². The molecule has 2 rings (SSSR count). The lowest BCUT2D eigenvalue weighted by Crippen LogP contribution is -2.29. The molecule has 0 bridgehead atoms. The van der Waals surface area contributed by atoms with E-state index in [1.54, 1.807) is 0 Å². The van der Waals surface area contributed by atoms with Gasteiger partial charge in [0.2, 0.25) is 0 Å². The topological polar surface area (TPSA) is 80.5 Å². The van der Waals surface area contributed by atoms with E-state index >= 15 is 0 Å². The summed E-state index contributed by atoms with van der Waals surface area (Å²) in [6.45, 7) is 7.96. The Labute approximate surface area is 123 Å². The van der Waals surface area contributed by atoms with Crippen LogP contribution in [-0.4, -0.2) is 43.7 Å². The molecular formula is C13H22N4O2S. The molecule has 3 N–H and O–H groups in total. The first-order valence-corrected chi connectivity index (χ1v) is 7.84. The minimum Gasteiger partial charge on any atom is -0.382 e. The number of carbonyl (C=O) groups excluding carboxylic acids is 1. The highest BCUT2D eigenvalue weighted by atomic mass is 32.1. The van der Waals surface area contributed by atoms with Crippen molar-refractivity contribution < 1.29 is 9.53 Å². The van der Waals surface area contributed by atoms with Crippen LogP contribution >= 0.6 is 11.3 Å². The predicted octanol–water partition coefficient (Wildman–Crippen LogP) is 1.34. The second-order valence-corrected chi connectivity index (χ2v) is 5.80. The van der Waals surface area contributed by atoms with E-state index in [4.69, 9.17) is 10.5 Å². The second kappa shape index (κ2) is 6.90. The standard InChI is InChI=1S/C13H22N4O2S/c1-3-17(4-2)13-16-11(14)10(20-13)12(18)15-7-9-5-6-19-8-9/h9H,3-8,14H2,1-2H3,(H,15,18). The van der Waals surface area contributed by atoms with Crippen molar-refractivity contribution in [1.82, 2.24) is 10.3 Å².